The zero-order chi connectivity index (χ0) is 36.7. The van der Waals surface area contributed by atoms with Crippen LogP contribution in [0.25, 0.3) is 10.9 Å². The molecule has 0 aliphatic carbocycles. The molecule has 13 nitrogen and oxygen atoms in total. The number of nitrogens with one attached hydrogen (secondary N) is 2. The van der Waals surface area contributed by atoms with Gasteiger partial charge in [-0.2, -0.15) is 0 Å². The fourth-order valence-corrected chi connectivity index (χ4v) is 12.0. The van der Waals surface area contributed by atoms with Crippen LogP contribution in [0.15, 0.2) is 24.3 Å². The number of aliphatic hydroxyl groups excluding tert-OH is 2. The minimum absolute atomic E-state index is 0.0229. The van der Waals surface area contributed by atoms with Crippen LogP contribution in [0.4, 0.5) is 0 Å². The van der Waals surface area contributed by atoms with Gasteiger partial charge < -0.3 is 44.4 Å². The summed E-state index contributed by atoms with van der Waals surface area (Å²) in [5, 5.41) is 50.6. The standard InChI is InChI=1S/C39H42N4O9S/c1-16-9-19-11-23-37(47)43-24-13-50-38(48)39(36-20(7-8-40-39)21-10-18(12-44)5-6-22(21)41-36)14-53-35(27-26(24)34-33(51-15-52-34)17(2)30(27)45)29(43)28(42(23)3)25(19)31(46)32(16)49-4/h5-6,9-10,23-24,28-29,35,37,40-41,44-47H,7-8,11-15H2,1-4H3/t23-,24?,28+,29+,35+,37-,39+/m0/s1. The molecule has 7 aliphatic heterocycles. The number of piperazine rings is 1. The number of ether oxygens (including phenoxy) is 4. The van der Waals surface area contributed by atoms with Crippen LogP contribution in [-0.4, -0.2) is 99.3 Å². The molecule has 14 heteroatoms. The van der Waals surface area contributed by atoms with Crippen LogP contribution in [-0.2, 0) is 34.5 Å². The Morgan fingerprint density at radius 1 is 1.08 bits per heavy atom. The van der Waals surface area contributed by atoms with Gasteiger partial charge in [0.2, 0.25) is 6.79 Å². The Hall–Kier alpha value is -4.18. The van der Waals surface area contributed by atoms with Gasteiger partial charge in [-0.1, -0.05) is 12.1 Å². The molecule has 4 aromatic rings. The number of phenols is 2. The molecule has 7 aliphatic rings. The minimum Gasteiger partial charge on any atom is -0.507 e. The highest BCUT2D eigenvalue weighted by Crippen LogP contribution is 2.64. The number of phenolic OH excluding ortho intramolecular Hbond substituents is 2. The van der Waals surface area contributed by atoms with E-state index in [4.69, 9.17) is 18.9 Å². The summed E-state index contributed by atoms with van der Waals surface area (Å²) >= 11 is 1.51. The molecule has 53 heavy (non-hydrogen) atoms. The maximum Gasteiger partial charge on any atom is 0.333 e. The number of benzene rings is 3. The van der Waals surface area contributed by atoms with E-state index < -0.39 is 41.1 Å². The number of carbonyl (C=O) groups excluding carboxylic acids is 1. The van der Waals surface area contributed by atoms with Crippen LogP contribution >= 0.6 is 11.8 Å². The van der Waals surface area contributed by atoms with Crippen molar-refractivity contribution in [3.63, 3.8) is 0 Å². The number of aromatic amines is 1. The first-order valence-electron chi connectivity index (χ1n) is 18.1. The van der Waals surface area contributed by atoms with Crippen molar-refractivity contribution in [3.05, 3.63) is 74.5 Å². The molecule has 2 fully saturated rings. The molecule has 7 atom stereocenters. The highest BCUT2D eigenvalue weighted by molar-refractivity contribution is 7.99. The van der Waals surface area contributed by atoms with Crippen LogP contribution in [0.3, 0.4) is 0 Å². The van der Waals surface area contributed by atoms with Crippen LogP contribution in [0.5, 0.6) is 28.7 Å². The number of hydrogen-bond donors (Lipinski definition) is 6. The van der Waals surface area contributed by atoms with E-state index in [0.29, 0.717) is 53.3 Å². The van der Waals surface area contributed by atoms with Gasteiger partial charge >= 0.3 is 5.97 Å². The molecule has 0 amide bonds. The van der Waals surface area contributed by atoms with Crippen LogP contribution in [0.1, 0.15) is 67.5 Å². The first-order valence-corrected chi connectivity index (χ1v) is 19.1. The average Bonchev–Trinajstić information content (AvgIpc) is 3.79. The van der Waals surface area contributed by atoms with Crippen molar-refractivity contribution in [1.29, 1.82) is 0 Å². The molecular formula is C39H42N4O9S. The van der Waals surface area contributed by atoms with Crippen molar-refractivity contribution in [1.82, 2.24) is 20.1 Å². The number of methoxy groups -OCH3 is 1. The number of aliphatic hydroxyl groups is 2. The number of aromatic nitrogens is 1. The lowest BCUT2D eigenvalue weighted by molar-refractivity contribution is -0.186. The Labute approximate surface area is 309 Å². The summed E-state index contributed by atoms with van der Waals surface area (Å²) in [6, 6.07) is 5.80. The lowest BCUT2D eigenvalue weighted by Gasteiger charge is -2.62. The van der Waals surface area contributed by atoms with E-state index in [2.05, 4.69) is 15.2 Å². The molecule has 2 saturated heterocycles. The second kappa shape index (κ2) is 11.7. The van der Waals surface area contributed by atoms with Crippen LogP contribution in [0, 0.1) is 13.8 Å². The van der Waals surface area contributed by atoms with E-state index in [0.717, 1.165) is 44.4 Å². The summed E-state index contributed by atoms with van der Waals surface area (Å²) < 4.78 is 24.2. The van der Waals surface area contributed by atoms with E-state index in [1.807, 2.05) is 50.1 Å². The molecule has 8 heterocycles. The fourth-order valence-electron chi connectivity index (χ4n) is 10.3. The van der Waals surface area contributed by atoms with Crippen molar-refractivity contribution in [3.8, 4) is 28.7 Å². The third-order valence-electron chi connectivity index (χ3n) is 12.7. The number of fused-ring (bicyclic) bond motifs is 11. The number of carbonyl (C=O) groups is 1. The molecule has 6 N–H and O–H groups in total. The van der Waals surface area contributed by atoms with Crippen molar-refractivity contribution < 1.29 is 44.2 Å². The maximum atomic E-state index is 14.7. The number of aryl methyl sites for hydroxylation is 1. The predicted octanol–water partition coefficient (Wildman–Crippen LogP) is 3.45. The molecular weight excluding hydrogens is 701 g/mol. The van der Waals surface area contributed by atoms with Gasteiger partial charge in [0.05, 0.1) is 42.8 Å². The van der Waals surface area contributed by atoms with Crippen molar-refractivity contribution in [2.45, 2.75) is 74.5 Å². The molecule has 3 aromatic carbocycles. The molecule has 1 unspecified atom stereocenters. The molecule has 0 saturated carbocycles. The van der Waals surface area contributed by atoms with Gasteiger partial charge in [0.15, 0.2) is 28.5 Å². The highest BCUT2D eigenvalue weighted by atomic mass is 32.2. The maximum absolute atomic E-state index is 14.7. The molecule has 4 bridgehead atoms. The first kappa shape index (κ1) is 33.4. The van der Waals surface area contributed by atoms with E-state index in [9.17, 15) is 25.2 Å². The van der Waals surface area contributed by atoms with E-state index >= 15 is 0 Å². The van der Waals surface area contributed by atoms with Crippen molar-refractivity contribution in [2.75, 3.05) is 39.9 Å². The number of thioether (sulfide) groups is 1. The third-order valence-corrected chi connectivity index (χ3v) is 14.2. The lowest BCUT2D eigenvalue weighted by Crippen LogP contribution is -2.70. The van der Waals surface area contributed by atoms with Gasteiger partial charge in [0.25, 0.3) is 0 Å². The summed E-state index contributed by atoms with van der Waals surface area (Å²) in [4.78, 5) is 22.5. The average molecular weight is 743 g/mol. The lowest BCUT2D eigenvalue weighted by atomic mass is 9.73. The second-order valence-electron chi connectivity index (χ2n) is 15.2. The molecule has 278 valence electrons. The number of nitrogens with zero attached hydrogens (tertiary/aromatic N) is 2. The molecule has 1 spiro atoms. The van der Waals surface area contributed by atoms with E-state index in [1.165, 1.54) is 11.8 Å². The predicted molar refractivity (Wildman–Crippen MR) is 194 cm³/mol. The molecule has 0 radical (unpaired) electrons. The largest absolute Gasteiger partial charge is 0.507 e. The summed E-state index contributed by atoms with van der Waals surface area (Å²) in [5.41, 5.74) is 6.45. The number of aromatic hydroxyl groups is 2. The van der Waals surface area contributed by atoms with Crippen LogP contribution in [0.2, 0.25) is 0 Å². The minimum atomic E-state index is -1.27. The SMILES string of the molecule is COc1c(C)cc2c(c1O)[C@@H]1[C@@H]3[C@@H]4SC[C@]5(NCCc6c5[nH]c5ccc(CO)cc65)C(=O)OCC(c5c6c(c(C)c(O)c54)OCO6)N3[C@@H](O)[C@H](C2)N1C. The number of esters is 1. The Balaban J connectivity index is 1.21. The van der Waals surface area contributed by atoms with Crippen molar-refractivity contribution >= 4 is 28.6 Å². The van der Waals surface area contributed by atoms with Crippen LogP contribution < -0.4 is 19.5 Å². The molecule has 11 rings (SSSR count). The van der Waals surface area contributed by atoms with Gasteiger partial charge in [-0.15, -0.1) is 11.8 Å². The number of hydrogen-bond acceptors (Lipinski definition) is 13. The zero-order valence-electron chi connectivity index (χ0n) is 29.9. The van der Waals surface area contributed by atoms with Crippen molar-refractivity contribution in [2.24, 2.45) is 0 Å². The first-order chi connectivity index (χ1) is 25.6. The number of likely N-dealkylation sites (N-methyl/N-ethyl adjacent to an activating group) is 1. The Bertz CT molecular complexity index is 2240. The fraction of sp³-hybridized carbons (Fsp3) is 0.462. The Morgan fingerprint density at radius 3 is 2.68 bits per heavy atom. The number of H-pyrrole nitrogens is 1. The quantitative estimate of drug-likeness (QED) is 0.166. The third kappa shape index (κ3) is 4.30. The summed E-state index contributed by atoms with van der Waals surface area (Å²) in [5.74, 6) is 1.26. The normalized spacial score (nSPS) is 30.1. The zero-order valence-corrected chi connectivity index (χ0v) is 30.7. The van der Waals surface area contributed by atoms with Gasteiger partial charge in [-0.05, 0) is 68.1 Å². The summed E-state index contributed by atoms with van der Waals surface area (Å²) in [7, 11) is 3.53. The summed E-state index contributed by atoms with van der Waals surface area (Å²) in [6.07, 6.45) is 0.159. The molecule has 1 aromatic heterocycles. The summed E-state index contributed by atoms with van der Waals surface area (Å²) in [6.45, 7) is 3.99. The monoisotopic (exact) mass is 742 g/mol. The Morgan fingerprint density at radius 2 is 1.89 bits per heavy atom. The smallest absolute Gasteiger partial charge is 0.333 e. The highest BCUT2D eigenvalue weighted by Gasteiger charge is 2.61. The van der Waals surface area contributed by atoms with Gasteiger partial charge in [0, 0.05) is 51.5 Å². The number of rotatable bonds is 2. The van der Waals surface area contributed by atoms with E-state index in [-0.39, 0.29) is 43.3 Å². The topological polar surface area (TPSA) is 169 Å². The Kier molecular flexibility index (Phi) is 7.35. The van der Waals surface area contributed by atoms with Gasteiger partial charge in [0.1, 0.15) is 18.6 Å². The second-order valence-corrected chi connectivity index (χ2v) is 16.3. The van der Waals surface area contributed by atoms with Gasteiger partial charge in [-0.25, -0.2) is 4.79 Å². The van der Waals surface area contributed by atoms with E-state index in [1.54, 1.807) is 7.11 Å². The van der Waals surface area contributed by atoms with Gasteiger partial charge in [-0.3, -0.25) is 15.1 Å².